The maximum Gasteiger partial charge on any atom is 0.273 e. The number of benzene rings is 1. The number of thiophene rings is 1. The van der Waals surface area contributed by atoms with Gasteiger partial charge in [0, 0.05) is 7.05 Å². The second-order valence-corrected chi connectivity index (χ2v) is 9.80. The molecule has 0 fully saturated rings. The molecule has 1 aromatic carbocycles. The van der Waals surface area contributed by atoms with E-state index < -0.39 is 10.0 Å². The van der Waals surface area contributed by atoms with Gasteiger partial charge in [0.25, 0.3) is 15.9 Å². The molecule has 28 heavy (non-hydrogen) atoms. The van der Waals surface area contributed by atoms with Gasteiger partial charge in [0.2, 0.25) is 5.13 Å². The summed E-state index contributed by atoms with van der Waals surface area (Å²) in [5.74, 6) is 0.104. The number of sulfonamides is 1. The lowest BCUT2D eigenvalue weighted by atomic mass is 10.3. The van der Waals surface area contributed by atoms with Gasteiger partial charge < -0.3 is 4.74 Å². The Kier molecular flexibility index (Phi) is 6.27. The number of anilines is 2. The molecular formula is C17H18N4O4S3. The molecule has 1 N–H and O–H groups in total. The average molecular weight is 439 g/mol. The van der Waals surface area contributed by atoms with Gasteiger partial charge in [-0.2, -0.15) is 0 Å². The predicted molar refractivity (Wildman–Crippen MR) is 110 cm³/mol. The highest BCUT2D eigenvalue weighted by molar-refractivity contribution is 7.94. The van der Waals surface area contributed by atoms with Crippen molar-refractivity contribution in [1.82, 2.24) is 10.2 Å². The number of aromatic nitrogens is 2. The van der Waals surface area contributed by atoms with Crippen molar-refractivity contribution in [3.05, 3.63) is 46.8 Å². The van der Waals surface area contributed by atoms with Crippen molar-refractivity contribution < 1.29 is 17.9 Å². The summed E-state index contributed by atoms with van der Waals surface area (Å²) in [5.41, 5.74) is 0.492. The second kappa shape index (κ2) is 8.67. The monoisotopic (exact) mass is 438 g/mol. The molecule has 0 saturated carbocycles. The fourth-order valence-electron chi connectivity index (χ4n) is 2.19. The Morgan fingerprint density at radius 2 is 1.96 bits per heavy atom. The number of hydrogen-bond donors (Lipinski definition) is 1. The SMILES string of the molecule is CCc1nnc(NC(=O)COc2ccc(N(C)S(=O)(=O)c3cccs3)cc2)s1. The number of rotatable bonds is 8. The van der Waals surface area contributed by atoms with E-state index in [1.807, 2.05) is 6.92 Å². The van der Waals surface area contributed by atoms with Crippen molar-refractivity contribution in [2.45, 2.75) is 17.6 Å². The zero-order valence-electron chi connectivity index (χ0n) is 15.2. The van der Waals surface area contributed by atoms with Crippen LogP contribution in [0.5, 0.6) is 5.75 Å². The Morgan fingerprint density at radius 3 is 2.57 bits per heavy atom. The second-order valence-electron chi connectivity index (χ2n) is 5.59. The normalized spacial score (nSPS) is 11.2. The van der Waals surface area contributed by atoms with Crippen LogP contribution in [-0.2, 0) is 21.2 Å². The van der Waals surface area contributed by atoms with Gasteiger partial charge >= 0.3 is 0 Å². The molecule has 0 atom stereocenters. The van der Waals surface area contributed by atoms with Crippen LogP contribution in [0.15, 0.2) is 46.0 Å². The molecule has 3 aromatic rings. The number of carbonyl (C=O) groups excluding carboxylic acids is 1. The largest absolute Gasteiger partial charge is 0.484 e. The van der Waals surface area contributed by atoms with Crippen molar-refractivity contribution in [1.29, 1.82) is 0 Å². The molecule has 0 bridgehead atoms. The minimum atomic E-state index is -3.59. The zero-order valence-corrected chi connectivity index (χ0v) is 17.6. The summed E-state index contributed by atoms with van der Waals surface area (Å²) in [5, 5.41) is 13.4. The van der Waals surface area contributed by atoms with Gasteiger partial charge in [0.05, 0.1) is 5.69 Å². The van der Waals surface area contributed by atoms with Gasteiger partial charge in [-0.3, -0.25) is 14.4 Å². The van der Waals surface area contributed by atoms with Crippen molar-refractivity contribution in [2.24, 2.45) is 0 Å². The van der Waals surface area contributed by atoms with Crippen LogP contribution in [-0.4, -0.2) is 38.2 Å². The van der Waals surface area contributed by atoms with Crippen molar-refractivity contribution >= 4 is 49.4 Å². The molecule has 0 spiro atoms. The summed E-state index contributed by atoms with van der Waals surface area (Å²) in [4.78, 5) is 11.9. The fourth-order valence-corrected chi connectivity index (χ4v) is 5.24. The van der Waals surface area contributed by atoms with E-state index in [0.717, 1.165) is 22.8 Å². The van der Waals surface area contributed by atoms with Gasteiger partial charge in [-0.1, -0.05) is 24.3 Å². The van der Waals surface area contributed by atoms with Crippen LogP contribution in [0.2, 0.25) is 0 Å². The maximum atomic E-state index is 12.5. The van der Waals surface area contributed by atoms with Crippen molar-refractivity contribution in [3.8, 4) is 5.75 Å². The Bertz CT molecular complexity index is 1030. The first-order chi connectivity index (χ1) is 13.4. The molecule has 0 aliphatic rings. The third kappa shape index (κ3) is 4.66. The number of aryl methyl sites for hydroxylation is 1. The summed E-state index contributed by atoms with van der Waals surface area (Å²) < 4.78 is 32.0. The Labute approximate surface area is 170 Å². The molecule has 3 rings (SSSR count). The van der Waals surface area contributed by atoms with Gasteiger partial charge in [-0.15, -0.1) is 21.5 Å². The predicted octanol–water partition coefficient (Wildman–Crippen LogP) is 3.00. The molecule has 0 saturated heterocycles. The molecule has 2 aromatic heterocycles. The van der Waals surface area contributed by atoms with Crippen molar-refractivity contribution in [3.63, 3.8) is 0 Å². The standard InChI is InChI=1S/C17H18N4O4S3/c1-3-15-19-20-17(27-15)18-14(22)11-25-13-8-6-12(7-9-13)21(2)28(23,24)16-5-4-10-26-16/h4-10H,3,11H2,1-2H3,(H,18,20,22). The Hall–Kier alpha value is -2.50. The van der Waals surface area contributed by atoms with Gasteiger partial charge in [-0.25, -0.2) is 8.42 Å². The maximum absolute atomic E-state index is 12.5. The molecule has 148 valence electrons. The van der Waals surface area contributed by atoms with E-state index in [2.05, 4.69) is 15.5 Å². The summed E-state index contributed by atoms with van der Waals surface area (Å²) in [6, 6.07) is 9.73. The minimum absolute atomic E-state index is 0.191. The van der Waals surface area contributed by atoms with E-state index in [0.29, 0.717) is 16.6 Å². The molecule has 11 heteroatoms. The number of amides is 1. The zero-order chi connectivity index (χ0) is 20.1. The topological polar surface area (TPSA) is 101 Å². The van der Waals surface area contributed by atoms with Crippen LogP contribution >= 0.6 is 22.7 Å². The van der Waals surface area contributed by atoms with E-state index in [1.165, 1.54) is 22.7 Å². The quantitative estimate of drug-likeness (QED) is 0.580. The van der Waals surface area contributed by atoms with Gasteiger partial charge in [0.15, 0.2) is 6.61 Å². The smallest absolute Gasteiger partial charge is 0.273 e. The molecule has 0 radical (unpaired) electrons. The first-order valence-electron chi connectivity index (χ1n) is 8.27. The first kappa shape index (κ1) is 20.2. The van der Waals surface area contributed by atoms with Crippen LogP contribution in [0, 0.1) is 0 Å². The van der Waals surface area contributed by atoms with Crippen LogP contribution in [0.4, 0.5) is 10.8 Å². The number of nitrogens with zero attached hydrogens (tertiary/aromatic N) is 3. The summed E-state index contributed by atoms with van der Waals surface area (Å²) in [6.07, 6.45) is 0.757. The molecule has 2 heterocycles. The lowest BCUT2D eigenvalue weighted by molar-refractivity contribution is -0.118. The molecule has 1 amide bonds. The molecule has 8 nitrogen and oxygen atoms in total. The van der Waals surface area contributed by atoms with E-state index in [-0.39, 0.29) is 16.7 Å². The Morgan fingerprint density at radius 1 is 1.21 bits per heavy atom. The fraction of sp³-hybridized carbons (Fsp3) is 0.235. The highest BCUT2D eigenvalue weighted by Crippen LogP contribution is 2.26. The molecule has 0 aliphatic heterocycles. The third-order valence-corrected chi connectivity index (χ3v) is 7.84. The van der Waals surface area contributed by atoms with Crippen molar-refractivity contribution in [2.75, 3.05) is 23.3 Å². The number of ether oxygens (including phenoxy) is 1. The lowest BCUT2D eigenvalue weighted by Gasteiger charge is -2.18. The Balaban J connectivity index is 1.57. The van der Waals surface area contributed by atoms with E-state index in [1.54, 1.807) is 41.8 Å². The number of hydrogen-bond acceptors (Lipinski definition) is 8. The summed E-state index contributed by atoms with van der Waals surface area (Å²) in [6.45, 7) is 1.77. The summed E-state index contributed by atoms with van der Waals surface area (Å²) in [7, 11) is -2.10. The molecule has 0 unspecified atom stereocenters. The highest BCUT2D eigenvalue weighted by atomic mass is 32.2. The van der Waals surface area contributed by atoms with Crippen LogP contribution in [0.25, 0.3) is 0 Å². The third-order valence-electron chi connectivity index (χ3n) is 3.70. The molecular weight excluding hydrogens is 420 g/mol. The lowest BCUT2D eigenvalue weighted by Crippen LogP contribution is -2.25. The van der Waals surface area contributed by atoms with E-state index in [9.17, 15) is 13.2 Å². The van der Waals surface area contributed by atoms with Gasteiger partial charge in [0.1, 0.15) is 15.0 Å². The molecule has 0 aliphatic carbocycles. The minimum Gasteiger partial charge on any atom is -0.484 e. The average Bonchev–Trinajstić information content (AvgIpc) is 3.38. The number of nitrogens with one attached hydrogen (secondary N) is 1. The van der Waals surface area contributed by atoms with Crippen LogP contribution in [0.1, 0.15) is 11.9 Å². The van der Waals surface area contributed by atoms with E-state index >= 15 is 0 Å². The van der Waals surface area contributed by atoms with Crippen LogP contribution < -0.4 is 14.4 Å². The summed E-state index contributed by atoms with van der Waals surface area (Å²) >= 11 is 2.48. The highest BCUT2D eigenvalue weighted by Gasteiger charge is 2.22. The number of carbonyl (C=O) groups is 1. The first-order valence-corrected chi connectivity index (χ1v) is 11.4. The van der Waals surface area contributed by atoms with E-state index in [4.69, 9.17) is 4.74 Å². The van der Waals surface area contributed by atoms with Gasteiger partial charge in [-0.05, 0) is 42.1 Å². The van der Waals surface area contributed by atoms with Crippen LogP contribution in [0.3, 0.4) is 0 Å².